The summed E-state index contributed by atoms with van der Waals surface area (Å²) in [6.45, 7) is 12.1. The molecule has 1 unspecified atom stereocenters. The van der Waals surface area contributed by atoms with Crippen molar-refractivity contribution in [2.75, 3.05) is 26.4 Å². The number of hydrogen-bond donors (Lipinski definition) is 0. The Balaban J connectivity index is 1.44. The fourth-order valence-electron chi connectivity index (χ4n) is 11.6. The number of hydrogen-bond acceptors (Lipinski definition) is 2. The van der Waals surface area contributed by atoms with Crippen LogP contribution in [-0.2, 0) is 34.2 Å². The van der Waals surface area contributed by atoms with Crippen molar-refractivity contribution in [2.24, 2.45) is 5.41 Å². The van der Waals surface area contributed by atoms with E-state index in [-0.39, 0.29) is 16.7 Å². The highest BCUT2D eigenvalue weighted by Crippen LogP contribution is 2.72. The van der Waals surface area contributed by atoms with Gasteiger partial charge in [0, 0.05) is 37.8 Å². The van der Waals surface area contributed by atoms with Crippen LogP contribution in [0.15, 0.2) is 108 Å². The first-order valence-corrected chi connectivity index (χ1v) is 24.6. The van der Waals surface area contributed by atoms with E-state index in [1.165, 1.54) is 134 Å². The van der Waals surface area contributed by atoms with Gasteiger partial charge in [0.15, 0.2) is 0 Å². The van der Waals surface area contributed by atoms with Gasteiger partial charge in [-0.25, -0.2) is 0 Å². The second-order valence-electron chi connectivity index (χ2n) is 18.3. The van der Waals surface area contributed by atoms with Crippen molar-refractivity contribution in [1.82, 2.24) is 0 Å². The van der Waals surface area contributed by atoms with Crippen LogP contribution in [0.2, 0.25) is 0 Å². The van der Waals surface area contributed by atoms with Crippen LogP contribution in [0.25, 0.3) is 11.6 Å². The molecular formula is C58H76O2. The second-order valence-corrected chi connectivity index (χ2v) is 18.3. The molecule has 2 nitrogen and oxygen atoms in total. The van der Waals surface area contributed by atoms with Crippen molar-refractivity contribution in [2.45, 2.75) is 161 Å². The largest absolute Gasteiger partial charge is 0.382 e. The molecule has 1 atom stereocenters. The van der Waals surface area contributed by atoms with Gasteiger partial charge in [-0.3, -0.25) is 0 Å². The lowest BCUT2D eigenvalue weighted by Crippen LogP contribution is -2.46. The van der Waals surface area contributed by atoms with Crippen molar-refractivity contribution < 1.29 is 9.47 Å². The fraction of sp³-hybridized carbons (Fsp3) is 0.517. The van der Waals surface area contributed by atoms with Gasteiger partial charge in [-0.1, -0.05) is 194 Å². The number of benzene rings is 4. The van der Waals surface area contributed by atoms with E-state index in [0.717, 1.165) is 58.5 Å². The zero-order chi connectivity index (χ0) is 41.6. The third-order valence-electron chi connectivity index (χ3n) is 14.5. The van der Waals surface area contributed by atoms with Crippen LogP contribution in [-0.4, -0.2) is 26.4 Å². The van der Waals surface area contributed by atoms with E-state index in [1.807, 2.05) is 0 Å². The average molecular weight is 805 g/mol. The van der Waals surface area contributed by atoms with Crippen LogP contribution >= 0.6 is 0 Å². The summed E-state index contributed by atoms with van der Waals surface area (Å²) in [6.07, 6.45) is 26.4. The summed E-state index contributed by atoms with van der Waals surface area (Å²) in [5, 5.41) is 0. The summed E-state index contributed by atoms with van der Waals surface area (Å²) in [7, 11) is 0. The van der Waals surface area contributed by atoms with Crippen LogP contribution < -0.4 is 0 Å². The highest BCUT2D eigenvalue weighted by atomic mass is 16.5. The van der Waals surface area contributed by atoms with Crippen molar-refractivity contribution in [1.29, 1.82) is 0 Å². The zero-order valence-corrected chi connectivity index (χ0v) is 38.0. The third-order valence-corrected chi connectivity index (χ3v) is 14.5. The van der Waals surface area contributed by atoms with Crippen molar-refractivity contribution >= 4 is 11.6 Å². The van der Waals surface area contributed by atoms with Crippen LogP contribution in [0.1, 0.15) is 181 Å². The van der Waals surface area contributed by atoms with Gasteiger partial charge in [0.05, 0.1) is 5.41 Å². The van der Waals surface area contributed by atoms with Gasteiger partial charge < -0.3 is 9.47 Å². The normalized spacial score (nSPS) is 17.0. The van der Waals surface area contributed by atoms with Gasteiger partial charge in [0.2, 0.25) is 0 Å². The SMILES string of the molecule is CCCCCCCCC1(CCCCCCCC)C2=Cc3ccccc3C2C(c2ccc(CCCOCC)cc2)(c2ccc(CCCOCC)cc2)C2=C1c1ccccc1C2. The number of unbranched alkanes of at least 4 members (excludes halogenated alkanes) is 10. The van der Waals surface area contributed by atoms with Crippen LogP contribution in [0, 0.1) is 5.41 Å². The van der Waals surface area contributed by atoms with Crippen LogP contribution in [0.4, 0.5) is 0 Å². The van der Waals surface area contributed by atoms with Gasteiger partial charge in [0.25, 0.3) is 0 Å². The second kappa shape index (κ2) is 21.9. The van der Waals surface area contributed by atoms with E-state index < -0.39 is 0 Å². The van der Waals surface area contributed by atoms with Crippen molar-refractivity contribution in [3.05, 3.63) is 153 Å². The van der Waals surface area contributed by atoms with E-state index in [0.29, 0.717) is 0 Å². The molecule has 3 aliphatic rings. The minimum atomic E-state index is -0.341. The lowest BCUT2D eigenvalue weighted by Gasteiger charge is -2.55. The minimum Gasteiger partial charge on any atom is -0.382 e. The molecule has 0 amide bonds. The molecule has 0 saturated carbocycles. The maximum Gasteiger partial charge on any atom is 0.0526 e. The lowest BCUT2D eigenvalue weighted by molar-refractivity contribution is 0.145. The Morgan fingerprint density at radius 2 is 1.05 bits per heavy atom. The highest BCUT2D eigenvalue weighted by molar-refractivity contribution is 5.92. The topological polar surface area (TPSA) is 18.5 Å². The maximum absolute atomic E-state index is 5.76. The molecular weight excluding hydrogens is 729 g/mol. The monoisotopic (exact) mass is 805 g/mol. The molecule has 0 bridgehead atoms. The van der Waals surface area contributed by atoms with Crippen molar-refractivity contribution in [3.63, 3.8) is 0 Å². The molecule has 0 aliphatic heterocycles. The van der Waals surface area contributed by atoms with Gasteiger partial charge in [0.1, 0.15) is 0 Å². The summed E-state index contributed by atoms with van der Waals surface area (Å²) < 4.78 is 11.5. The molecule has 0 aromatic heterocycles. The lowest BCUT2D eigenvalue weighted by atomic mass is 9.47. The summed E-state index contributed by atoms with van der Waals surface area (Å²) in [6, 6.07) is 39.0. The fourth-order valence-corrected chi connectivity index (χ4v) is 11.6. The molecule has 0 saturated heterocycles. The molecule has 0 heterocycles. The van der Waals surface area contributed by atoms with E-state index in [4.69, 9.17) is 9.47 Å². The predicted octanol–water partition coefficient (Wildman–Crippen LogP) is 15.6. The summed E-state index contributed by atoms with van der Waals surface area (Å²) in [5.41, 5.74) is 16.4. The number of ether oxygens (including phenoxy) is 2. The standard InChI is InChI=1S/C58H76O2/c1-5-9-11-13-15-21-39-57(40-22-16-14-12-10-6-2)53-43-47-27-18-20-30-52(47)56(53)58(54-44-48-28-17-19-29-51(48)55(54)57,49-35-31-45(32-36-49)25-23-41-59-7-3)50-37-33-46(34-38-50)26-24-42-60-8-4/h17-20,27-38,43,56H,5-16,21-26,39-42,44H2,1-4H3. The van der Waals surface area contributed by atoms with Gasteiger partial charge >= 0.3 is 0 Å². The number of allylic oxidation sites excluding steroid dienone is 3. The highest BCUT2D eigenvalue weighted by Gasteiger charge is 2.61. The molecule has 4 aromatic rings. The number of aryl methyl sites for hydroxylation is 2. The minimum absolute atomic E-state index is 0.00305. The Morgan fingerprint density at radius 1 is 0.533 bits per heavy atom. The zero-order valence-electron chi connectivity index (χ0n) is 38.0. The first-order chi connectivity index (χ1) is 29.6. The Bertz CT molecular complexity index is 1920. The molecule has 0 spiro atoms. The molecule has 320 valence electrons. The molecule has 4 aromatic carbocycles. The van der Waals surface area contributed by atoms with E-state index >= 15 is 0 Å². The maximum atomic E-state index is 5.76. The molecule has 0 radical (unpaired) electrons. The van der Waals surface area contributed by atoms with Crippen LogP contribution in [0.5, 0.6) is 0 Å². The first-order valence-electron chi connectivity index (χ1n) is 24.6. The van der Waals surface area contributed by atoms with E-state index in [1.54, 1.807) is 16.7 Å². The van der Waals surface area contributed by atoms with E-state index in [2.05, 4.69) is 131 Å². The predicted molar refractivity (Wildman–Crippen MR) is 256 cm³/mol. The summed E-state index contributed by atoms with van der Waals surface area (Å²) in [5.74, 6) is 0.231. The number of rotatable bonds is 26. The smallest absolute Gasteiger partial charge is 0.0526 e. The van der Waals surface area contributed by atoms with Gasteiger partial charge in [-0.05, 0) is 120 Å². The average Bonchev–Trinajstić information content (AvgIpc) is 3.88. The summed E-state index contributed by atoms with van der Waals surface area (Å²) >= 11 is 0. The molecule has 60 heavy (non-hydrogen) atoms. The molecule has 7 rings (SSSR count). The Kier molecular flexibility index (Phi) is 16.2. The molecule has 0 N–H and O–H groups in total. The number of fused-ring (bicyclic) bond motifs is 5. The molecule has 0 fully saturated rings. The quantitative estimate of drug-likeness (QED) is 0.0589. The molecule has 2 heteroatoms. The third kappa shape index (κ3) is 9.36. The Labute approximate surface area is 365 Å². The Morgan fingerprint density at radius 3 is 1.62 bits per heavy atom. The van der Waals surface area contributed by atoms with Gasteiger partial charge in [-0.2, -0.15) is 0 Å². The molecule has 3 aliphatic carbocycles. The summed E-state index contributed by atoms with van der Waals surface area (Å²) in [4.78, 5) is 0. The van der Waals surface area contributed by atoms with Crippen LogP contribution in [0.3, 0.4) is 0 Å². The van der Waals surface area contributed by atoms with Gasteiger partial charge in [-0.15, -0.1) is 0 Å². The van der Waals surface area contributed by atoms with E-state index in [9.17, 15) is 0 Å². The van der Waals surface area contributed by atoms with Crippen molar-refractivity contribution in [3.8, 4) is 0 Å². The Hall–Kier alpha value is -3.72. The first kappa shape index (κ1) is 44.3.